The Hall–Kier alpha value is -2.69. The Morgan fingerprint density at radius 1 is 1.06 bits per heavy atom. The highest BCUT2D eigenvalue weighted by Crippen LogP contribution is 2.31. The van der Waals surface area contributed by atoms with Crippen LogP contribution in [0.3, 0.4) is 0 Å². The van der Waals surface area contributed by atoms with Crippen LogP contribution in [0, 0.1) is 10.1 Å². The van der Waals surface area contributed by atoms with Crippen molar-refractivity contribution >= 4 is 38.9 Å². The first-order chi connectivity index (χ1) is 14.8. The maximum atomic E-state index is 12.8. The van der Waals surface area contributed by atoms with Crippen LogP contribution >= 0.6 is 11.6 Å². The average molecular weight is 465 g/mol. The fraction of sp³-hybridized carbons (Fsp3) is 0.350. The molecule has 2 aromatic carbocycles. The van der Waals surface area contributed by atoms with Gasteiger partial charge in [-0.2, -0.15) is 4.31 Å². The zero-order valence-corrected chi connectivity index (χ0v) is 18.1. The number of amides is 1. The number of rotatable bonds is 6. The molecule has 0 spiro atoms. The van der Waals surface area contributed by atoms with E-state index in [2.05, 4.69) is 5.32 Å². The molecule has 1 aliphatic carbocycles. The predicted molar refractivity (Wildman–Crippen MR) is 116 cm³/mol. The molecule has 1 saturated heterocycles. The molecular weight excluding hydrogens is 444 g/mol. The Bertz CT molecular complexity index is 1110. The lowest BCUT2D eigenvalue weighted by atomic mass is 10.1. The zero-order valence-electron chi connectivity index (χ0n) is 16.5. The number of halogens is 1. The number of carbonyl (C=O) groups excluding carboxylic acids is 1. The topological polar surface area (TPSA) is 113 Å². The Morgan fingerprint density at radius 3 is 2.29 bits per heavy atom. The van der Waals surface area contributed by atoms with Gasteiger partial charge in [0.1, 0.15) is 5.69 Å². The van der Waals surface area contributed by atoms with E-state index in [1.54, 1.807) is 17.0 Å². The third kappa shape index (κ3) is 4.65. The highest BCUT2D eigenvalue weighted by Gasteiger charge is 2.31. The van der Waals surface area contributed by atoms with Crippen molar-refractivity contribution < 1.29 is 18.1 Å². The van der Waals surface area contributed by atoms with Crippen LogP contribution in [0.2, 0.25) is 5.02 Å². The third-order valence-corrected chi connectivity index (χ3v) is 7.54. The standard InChI is InChI=1S/C20H21ClN4O5S/c21-15-2-6-17(7-3-15)31(29,30)24-11-9-23(10-12-24)18-8-1-14(13-19(18)25(27)28)20(26)22-16-4-5-16/h1-3,6-8,13,16H,4-5,9-12H2,(H,22,26). The summed E-state index contributed by atoms with van der Waals surface area (Å²) in [4.78, 5) is 25.3. The van der Waals surface area contributed by atoms with E-state index in [1.165, 1.54) is 34.6 Å². The lowest BCUT2D eigenvalue weighted by Crippen LogP contribution is -2.48. The second kappa shape index (κ2) is 8.45. The van der Waals surface area contributed by atoms with E-state index in [1.807, 2.05) is 0 Å². The van der Waals surface area contributed by atoms with Crippen molar-refractivity contribution in [2.24, 2.45) is 0 Å². The number of nitrogens with zero attached hydrogens (tertiary/aromatic N) is 3. The Kier molecular flexibility index (Phi) is 5.87. The number of anilines is 1. The van der Waals surface area contributed by atoms with Crippen LogP contribution in [-0.4, -0.2) is 55.8 Å². The molecule has 31 heavy (non-hydrogen) atoms. The molecule has 9 nitrogen and oxygen atoms in total. The van der Waals surface area contributed by atoms with Crippen molar-refractivity contribution in [2.75, 3.05) is 31.1 Å². The van der Waals surface area contributed by atoms with Gasteiger partial charge in [0, 0.05) is 48.9 Å². The highest BCUT2D eigenvalue weighted by atomic mass is 35.5. The molecular formula is C20H21ClN4O5S. The zero-order chi connectivity index (χ0) is 22.2. The van der Waals surface area contributed by atoms with Crippen LogP contribution in [0.1, 0.15) is 23.2 Å². The van der Waals surface area contributed by atoms with Crippen LogP contribution < -0.4 is 10.2 Å². The molecule has 2 aromatic rings. The average Bonchev–Trinajstić information content (AvgIpc) is 3.57. The summed E-state index contributed by atoms with van der Waals surface area (Å²) in [7, 11) is -3.67. The quantitative estimate of drug-likeness (QED) is 0.519. The summed E-state index contributed by atoms with van der Waals surface area (Å²) >= 11 is 5.84. The summed E-state index contributed by atoms with van der Waals surface area (Å²) in [6, 6.07) is 10.5. The van der Waals surface area contributed by atoms with E-state index in [9.17, 15) is 23.3 Å². The molecule has 1 saturated carbocycles. The van der Waals surface area contributed by atoms with Crippen molar-refractivity contribution in [2.45, 2.75) is 23.8 Å². The fourth-order valence-corrected chi connectivity index (χ4v) is 5.05. The van der Waals surface area contributed by atoms with Gasteiger partial charge in [0.15, 0.2) is 0 Å². The van der Waals surface area contributed by atoms with Gasteiger partial charge in [-0.05, 0) is 49.2 Å². The van der Waals surface area contributed by atoms with Gasteiger partial charge in [0.05, 0.1) is 9.82 Å². The molecule has 0 radical (unpaired) electrons. The van der Waals surface area contributed by atoms with Crippen LogP contribution in [0.15, 0.2) is 47.4 Å². The molecule has 4 rings (SSSR count). The van der Waals surface area contributed by atoms with Gasteiger partial charge in [-0.3, -0.25) is 14.9 Å². The minimum absolute atomic E-state index is 0.155. The summed E-state index contributed by atoms with van der Waals surface area (Å²) in [6.07, 6.45) is 1.85. The maximum Gasteiger partial charge on any atom is 0.293 e. The molecule has 0 bridgehead atoms. The van der Waals surface area contributed by atoms with E-state index in [4.69, 9.17) is 11.6 Å². The molecule has 11 heteroatoms. The lowest BCUT2D eigenvalue weighted by molar-refractivity contribution is -0.384. The largest absolute Gasteiger partial charge is 0.363 e. The van der Waals surface area contributed by atoms with E-state index in [0.29, 0.717) is 23.8 Å². The lowest BCUT2D eigenvalue weighted by Gasteiger charge is -2.35. The number of hydrogen-bond donors (Lipinski definition) is 1. The predicted octanol–water partition coefficient (Wildman–Crippen LogP) is 2.65. The number of nitrogens with one attached hydrogen (secondary N) is 1. The van der Waals surface area contributed by atoms with E-state index in [-0.39, 0.29) is 41.2 Å². The molecule has 1 N–H and O–H groups in total. The second-order valence-corrected chi connectivity index (χ2v) is 9.93. The molecule has 0 unspecified atom stereocenters. The summed E-state index contributed by atoms with van der Waals surface area (Å²) in [5.74, 6) is -0.323. The molecule has 164 valence electrons. The molecule has 2 aliphatic rings. The summed E-state index contributed by atoms with van der Waals surface area (Å²) in [6.45, 7) is 0.959. The van der Waals surface area contributed by atoms with Crippen LogP contribution in [0.4, 0.5) is 11.4 Å². The number of piperazine rings is 1. The summed E-state index contributed by atoms with van der Waals surface area (Å²) < 4.78 is 27.0. The first-order valence-electron chi connectivity index (χ1n) is 9.85. The van der Waals surface area contributed by atoms with Crippen LogP contribution in [0.25, 0.3) is 0 Å². The Morgan fingerprint density at radius 2 is 1.71 bits per heavy atom. The van der Waals surface area contributed by atoms with Gasteiger partial charge < -0.3 is 10.2 Å². The van der Waals surface area contributed by atoms with Crippen molar-refractivity contribution in [1.29, 1.82) is 0 Å². The van der Waals surface area contributed by atoms with Gasteiger partial charge in [0.2, 0.25) is 10.0 Å². The Balaban J connectivity index is 1.49. The molecule has 0 atom stereocenters. The van der Waals surface area contributed by atoms with Gasteiger partial charge in [0.25, 0.3) is 11.6 Å². The number of sulfonamides is 1. The number of benzene rings is 2. The third-order valence-electron chi connectivity index (χ3n) is 5.38. The van der Waals surface area contributed by atoms with Crippen molar-refractivity contribution in [3.63, 3.8) is 0 Å². The maximum absolute atomic E-state index is 12.8. The molecule has 1 amide bonds. The normalized spacial score (nSPS) is 17.4. The molecule has 2 fully saturated rings. The van der Waals surface area contributed by atoms with Crippen molar-refractivity contribution in [3.05, 3.63) is 63.2 Å². The number of hydrogen-bond acceptors (Lipinski definition) is 6. The van der Waals surface area contributed by atoms with E-state index >= 15 is 0 Å². The summed E-state index contributed by atoms with van der Waals surface area (Å²) in [5, 5.41) is 14.9. The fourth-order valence-electron chi connectivity index (χ4n) is 3.50. The first kappa shape index (κ1) is 21.5. The SMILES string of the molecule is O=C(NC1CC1)c1ccc(N2CCN(S(=O)(=O)c3ccc(Cl)cc3)CC2)c([N+](=O)[O-])c1. The van der Waals surface area contributed by atoms with Crippen LogP contribution in [0.5, 0.6) is 0 Å². The number of carbonyl (C=O) groups is 1. The van der Waals surface area contributed by atoms with Gasteiger partial charge in [-0.25, -0.2) is 8.42 Å². The first-order valence-corrected chi connectivity index (χ1v) is 11.7. The monoisotopic (exact) mass is 464 g/mol. The van der Waals surface area contributed by atoms with Gasteiger partial charge >= 0.3 is 0 Å². The highest BCUT2D eigenvalue weighted by molar-refractivity contribution is 7.89. The van der Waals surface area contributed by atoms with Gasteiger partial charge in [-0.15, -0.1) is 0 Å². The summed E-state index contributed by atoms with van der Waals surface area (Å²) in [5.41, 5.74) is 0.445. The van der Waals surface area contributed by atoms with Gasteiger partial charge in [-0.1, -0.05) is 11.6 Å². The number of nitro groups is 1. The van der Waals surface area contributed by atoms with Crippen molar-refractivity contribution in [3.8, 4) is 0 Å². The van der Waals surface area contributed by atoms with E-state index in [0.717, 1.165) is 12.8 Å². The molecule has 1 heterocycles. The number of nitro benzene ring substituents is 1. The van der Waals surface area contributed by atoms with Crippen molar-refractivity contribution in [1.82, 2.24) is 9.62 Å². The minimum atomic E-state index is -3.67. The minimum Gasteiger partial charge on any atom is -0.363 e. The molecule has 0 aromatic heterocycles. The second-order valence-electron chi connectivity index (χ2n) is 7.55. The Labute approximate surface area is 184 Å². The van der Waals surface area contributed by atoms with Crippen LogP contribution in [-0.2, 0) is 10.0 Å². The molecule has 1 aliphatic heterocycles. The van der Waals surface area contributed by atoms with E-state index < -0.39 is 14.9 Å². The smallest absolute Gasteiger partial charge is 0.293 e.